The van der Waals surface area contributed by atoms with E-state index in [-0.39, 0.29) is 4.45 Å². The second-order valence-electron chi connectivity index (χ2n) is 3.70. The molecule has 78 valence electrons. The molecule has 1 rings (SSSR count). The molecule has 1 aromatic rings. The van der Waals surface area contributed by atoms with E-state index in [0.29, 0.717) is 0 Å². The summed E-state index contributed by atoms with van der Waals surface area (Å²) in [5, 5.41) is 0. The summed E-state index contributed by atoms with van der Waals surface area (Å²) < 4.78 is 5.38. The highest BCUT2D eigenvalue weighted by molar-refractivity contribution is 9.10. The van der Waals surface area contributed by atoms with Crippen LogP contribution in [0.5, 0.6) is 5.75 Å². The number of alkyl halides is 1. The van der Waals surface area contributed by atoms with Gasteiger partial charge in [0.15, 0.2) is 7.38 Å². The lowest BCUT2D eigenvalue weighted by Crippen LogP contribution is -2.23. The lowest BCUT2D eigenvalue weighted by Gasteiger charge is -2.20. The predicted molar refractivity (Wildman–Crippen MR) is 68.0 cm³/mol. The van der Waals surface area contributed by atoms with E-state index >= 15 is 0 Å². The van der Waals surface area contributed by atoms with Gasteiger partial charge in [0.05, 0.1) is 7.11 Å². The molecule has 0 aliphatic rings. The number of ether oxygens (including phenoxy) is 1. The van der Waals surface area contributed by atoms with Crippen molar-refractivity contribution in [3.8, 4) is 5.75 Å². The standard InChI is InChI=1S/C10H14BrClOSi/c1-13-9-6-4-8(5-7-9)10(11)14(2,3)12/h4-7,10H,1-3H3. The Hall–Kier alpha value is 0.00688. The van der Waals surface area contributed by atoms with Crippen LogP contribution in [0.25, 0.3) is 0 Å². The first-order chi connectivity index (χ1) is 6.45. The number of methoxy groups -OCH3 is 1. The van der Waals surface area contributed by atoms with Gasteiger partial charge in [-0.1, -0.05) is 41.2 Å². The van der Waals surface area contributed by atoms with Crippen LogP contribution in [0.15, 0.2) is 24.3 Å². The average molecular weight is 294 g/mol. The van der Waals surface area contributed by atoms with Gasteiger partial charge < -0.3 is 4.74 Å². The lowest BCUT2D eigenvalue weighted by atomic mass is 10.2. The molecule has 0 fully saturated rings. The number of rotatable bonds is 3. The maximum atomic E-state index is 6.35. The van der Waals surface area contributed by atoms with Crippen LogP contribution in [0.4, 0.5) is 0 Å². The van der Waals surface area contributed by atoms with Crippen molar-refractivity contribution in [2.24, 2.45) is 0 Å². The molecular weight excluding hydrogens is 280 g/mol. The molecule has 0 radical (unpaired) electrons. The quantitative estimate of drug-likeness (QED) is 0.463. The van der Waals surface area contributed by atoms with Gasteiger partial charge in [-0.2, -0.15) is 11.1 Å². The largest absolute Gasteiger partial charge is 0.497 e. The summed E-state index contributed by atoms with van der Waals surface area (Å²) in [5.41, 5.74) is 1.22. The highest BCUT2D eigenvalue weighted by atomic mass is 79.9. The Morgan fingerprint density at radius 2 is 1.79 bits per heavy atom. The van der Waals surface area contributed by atoms with Crippen LogP contribution in [0, 0.1) is 0 Å². The van der Waals surface area contributed by atoms with E-state index < -0.39 is 7.38 Å². The minimum Gasteiger partial charge on any atom is -0.497 e. The second-order valence-corrected chi connectivity index (χ2v) is 12.1. The molecule has 0 amide bonds. The summed E-state index contributed by atoms with van der Waals surface area (Å²) in [6.07, 6.45) is 0. The van der Waals surface area contributed by atoms with Crippen LogP contribution < -0.4 is 4.74 Å². The fraction of sp³-hybridized carbons (Fsp3) is 0.400. The van der Waals surface area contributed by atoms with Gasteiger partial charge in [-0.05, 0) is 17.7 Å². The summed E-state index contributed by atoms with van der Waals surface area (Å²) in [7, 11) is -0.0134. The third-order valence-corrected chi connectivity index (χ3v) is 8.96. The van der Waals surface area contributed by atoms with E-state index in [2.05, 4.69) is 41.2 Å². The Morgan fingerprint density at radius 1 is 1.29 bits per heavy atom. The molecule has 0 saturated heterocycles. The Morgan fingerprint density at radius 3 is 2.14 bits per heavy atom. The molecule has 1 nitrogen and oxygen atoms in total. The highest BCUT2D eigenvalue weighted by Crippen LogP contribution is 2.35. The van der Waals surface area contributed by atoms with Crippen molar-refractivity contribution < 1.29 is 4.74 Å². The average Bonchev–Trinajstić information content (AvgIpc) is 2.15. The fourth-order valence-electron chi connectivity index (χ4n) is 1.17. The van der Waals surface area contributed by atoms with Crippen molar-refractivity contribution in [2.45, 2.75) is 17.5 Å². The molecule has 0 N–H and O–H groups in total. The van der Waals surface area contributed by atoms with E-state index in [1.807, 2.05) is 12.1 Å². The number of hydrogen-bond acceptors (Lipinski definition) is 1. The van der Waals surface area contributed by atoms with Crippen molar-refractivity contribution in [3.05, 3.63) is 29.8 Å². The first-order valence-corrected chi connectivity index (χ1v) is 9.42. The van der Waals surface area contributed by atoms with Crippen LogP contribution in [-0.4, -0.2) is 14.5 Å². The molecule has 4 heteroatoms. The summed E-state index contributed by atoms with van der Waals surface area (Å²) in [4.78, 5) is 0. The molecule has 14 heavy (non-hydrogen) atoms. The van der Waals surface area contributed by atoms with Gasteiger partial charge in [-0.15, -0.1) is 0 Å². The van der Waals surface area contributed by atoms with Gasteiger partial charge >= 0.3 is 0 Å². The molecule has 0 heterocycles. The molecular formula is C10H14BrClOSi. The van der Waals surface area contributed by atoms with E-state index in [4.69, 9.17) is 15.8 Å². The third kappa shape index (κ3) is 3.00. The van der Waals surface area contributed by atoms with Crippen LogP contribution in [0.3, 0.4) is 0 Å². The lowest BCUT2D eigenvalue weighted by molar-refractivity contribution is 0.414. The van der Waals surface area contributed by atoms with E-state index in [9.17, 15) is 0 Å². The fourth-order valence-corrected chi connectivity index (χ4v) is 2.84. The number of hydrogen-bond donors (Lipinski definition) is 0. The minimum atomic E-state index is -1.68. The van der Waals surface area contributed by atoms with Crippen molar-refractivity contribution in [1.82, 2.24) is 0 Å². The number of benzene rings is 1. The summed E-state index contributed by atoms with van der Waals surface area (Å²) in [5.74, 6) is 0.877. The zero-order valence-electron chi connectivity index (χ0n) is 8.55. The molecule has 0 aromatic heterocycles. The monoisotopic (exact) mass is 292 g/mol. The summed E-state index contributed by atoms with van der Waals surface area (Å²) in [6.45, 7) is 4.25. The summed E-state index contributed by atoms with van der Waals surface area (Å²) in [6, 6.07) is 8.02. The smallest absolute Gasteiger partial charge is 0.168 e. The van der Waals surface area contributed by atoms with Gasteiger partial charge in [0.25, 0.3) is 0 Å². The predicted octanol–water partition coefficient (Wildman–Crippen LogP) is 4.11. The van der Waals surface area contributed by atoms with Crippen LogP contribution in [0.2, 0.25) is 13.1 Å². The van der Waals surface area contributed by atoms with Gasteiger partial charge in [0, 0.05) is 4.45 Å². The van der Waals surface area contributed by atoms with Gasteiger partial charge in [0.1, 0.15) is 5.75 Å². The van der Waals surface area contributed by atoms with Crippen LogP contribution in [0.1, 0.15) is 10.0 Å². The Kier molecular flexibility index (Phi) is 4.04. The van der Waals surface area contributed by atoms with Crippen LogP contribution in [-0.2, 0) is 0 Å². The van der Waals surface area contributed by atoms with Crippen molar-refractivity contribution in [2.75, 3.05) is 7.11 Å². The number of halogens is 2. The van der Waals surface area contributed by atoms with Crippen molar-refractivity contribution in [1.29, 1.82) is 0 Å². The van der Waals surface area contributed by atoms with E-state index in [0.717, 1.165) is 5.75 Å². The van der Waals surface area contributed by atoms with Crippen molar-refractivity contribution in [3.63, 3.8) is 0 Å². The third-order valence-electron chi connectivity index (χ3n) is 2.01. The van der Waals surface area contributed by atoms with E-state index in [1.165, 1.54) is 5.56 Å². The topological polar surface area (TPSA) is 9.23 Å². The molecule has 0 aliphatic heterocycles. The van der Waals surface area contributed by atoms with Crippen molar-refractivity contribution >= 4 is 34.4 Å². The summed E-state index contributed by atoms with van der Waals surface area (Å²) >= 11 is 9.99. The zero-order valence-corrected chi connectivity index (χ0v) is 11.9. The normalized spacial score (nSPS) is 13.8. The SMILES string of the molecule is COc1ccc(C(Br)[Si](C)(C)Cl)cc1. The highest BCUT2D eigenvalue weighted by Gasteiger charge is 2.28. The maximum Gasteiger partial charge on any atom is 0.168 e. The molecule has 0 saturated carbocycles. The molecule has 0 spiro atoms. The molecule has 1 atom stereocenters. The molecule has 0 bridgehead atoms. The first kappa shape index (κ1) is 12.1. The van der Waals surface area contributed by atoms with Gasteiger partial charge in [-0.25, -0.2) is 0 Å². The van der Waals surface area contributed by atoms with Gasteiger partial charge in [0.2, 0.25) is 0 Å². The second kappa shape index (κ2) is 4.68. The zero-order chi connectivity index (χ0) is 10.8. The van der Waals surface area contributed by atoms with E-state index in [1.54, 1.807) is 7.11 Å². The molecule has 0 aliphatic carbocycles. The maximum absolute atomic E-state index is 6.35. The van der Waals surface area contributed by atoms with Gasteiger partial charge in [-0.3, -0.25) is 0 Å². The minimum absolute atomic E-state index is 0.280. The Balaban J connectivity index is 2.87. The molecule has 1 unspecified atom stereocenters. The first-order valence-electron chi connectivity index (χ1n) is 4.42. The Labute approximate surface area is 99.3 Å². The van der Waals surface area contributed by atoms with Crippen LogP contribution >= 0.6 is 27.0 Å². The Bertz CT molecular complexity index is 294. The molecule has 1 aromatic carbocycles.